The Morgan fingerprint density at radius 2 is 2.06 bits per heavy atom. The summed E-state index contributed by atoms with van der Waals surface area (Å²) in [6.07, 6.45) is 0.474. The predicted molar refractivity (Wildman–Crippen MR) is 74.0 cm³/mol. The second kappa shape index (κ2) is 5.29. The zero-order valence-electron chi connectivity index (χ0n) is 11.5. The molecule has 0 radical (unpaired) electrons. The van der Waals surface area contributed by atoms with Crippen molar-refractivity contribution >= 4 is 25.8 Å². The van der Waals surface area contributed by atoms with Crippen molar-refractivity contribution < 1.29 is 9.22 Å². The molecule has 0 aliphatic carbocycles. The van der Waals surface area contributed by atoms with Crippen molar-refractivity contribution in [2.45, 2.75) is 50.7 Å². The molecule has 1 atom stereocenters. The highest BCUT2D eigenvalue weighted by Gasteiger charge is 2.37. The van der Waals surface area contributed by atoms with Crippen LogP contribution in [0.5, 0.6) is 0 Å². The molecule has 100 valence electrons. The van der Waals surface area contributed by atoms with Crippen LogP contribution in [0.25, 0.3) is 0 Å². The Bertz CT molecular complexity index is 289. The summed E-state index contributed by atoms with van der Waals surface area (Å²) in [6, 6.07) is 0. The standard InChI is InChI=1S/C12H24ClNO2Si/c1-12(2,3)17(4,5)16-7-6-14-9-10(13)8-11(14)15/h10H,6-9H2,1-5H3. The first-order valence-electron chi connectivity index (χ1n) is 6.19. The normalized spacial score (nSPS) is 22.4. The average Bonchev–Trinajstić information content (AvgIpc) is 2.43. The van der Waals surface area contributed by atoms with E-state index >= 15 is 0 Å². The van der Waals surface area contributed by atoms with E-state index < -0.39 is 8.32 Å². The summed E-state index contributed by atoms with van der Waals surface area (Å²) in [5, 5.41) is 0.201. The molecule has 1 saturated heterocycles. The molecule has 1 aliphatic rings. The highest BCUT2D eigenvalue weighted by molar-refractivity contribution is 6.74. The first kappa shape index (κ1) is 15.0. The number of nitrogens with zero attached hydrogens (tertiary/aromatic N) is 1. The van der Waals surface area contributed by atoms with Crippen molar-refractivity contribution in [2.75, 3.05) is 19.7 Å². The molecule has 1 heterocycles. The van der Waals surface area contributed by atoms with Crippen molar-refractivity contribution in [2.24, 2.45) is 0 Å². The summed E-state index contributed by atoms with van der Waals surface area (Å²) < 4.78 is 6.04. The van der Waals surface area contributed by atoms with Gasteiger partial charge in [0.1, 0.15) is 0 Å². The third-order valence-corrected chi connectivity index (χ3v) is 8.63. The predicted octanol–water partition coefficient (Wildman–Crippen LogP) is 2.85. The first-order chi connectivity index (χ1) is 7.63. The topological polar surface area (TPSA) is 29.5 Å². The zero-order valence-corrected chi connectivity index (χ0v) is 13.3. The van der Waals surface area contributed by atoms with E-state index in [1.54, 1.807) is 0 Å². The molecule has 1 aliphatic heterocycles. The first-order valence-corrected chi connectivity index (χ1v) is 9.54. The van der Waals surface area contributed by atoms with Gasteiger partial charge in [0.2, 0.25) is 5.91 Å². The Morgan fingerprint density at radius 1 is 1.47 bits per heavy atom. The number of halogens is 1. The van der Waals surface area contributed by atoms with Gasteiger partial charge in [0.25, 0.3) is 0 Å². The molecular weight excluding hydrogens is 254 g/mol. The quantitative estimate of drug-likeness (QED) is 0.584. The summed E-state index contributed by atoms with van der Waals surface area (Å²) in [4.78, 5) is 13.3. The van der Waals surface area contributed by atoms with Crippen LogP contribution in [0, 0.1) is 0 Å². The third-order valence-electron chi connectivity index (χ3n) is 3.80. The summed E-state index contributed by atoms with van der Waals surface area (Å²) in [5.74, 6) is 0.156. The van der Waals surface area contributed by atoms with Gasteiger partial charge >= 0.3 is 0 Å². The van der Waals surface area contributed by atoms with E-state index in [2.05, 4.69) is 33.9 Å². The van der Waals surface area contributed by atoms with E-state index in [1.165, 1.54) is 0 Å². The maximum Gasteiger partial charge on any atom is 0.224 e. The molecule has 1 amide bonds. The smallest absolute Gasteiger partial charge is 0.224 e. The van der Waals surface area contributed by atoms with Gasteiger partial charge in [0.15, 0.2) is 8.32 Å². The van der Waals surface area contributed by atoms with Crippen LogP contribution in [-0.4, -0.2) is 44.2 Å². The second-order valence-electron chi connectivity index (χ2n) is 6.25. The third kappa shape index (κ3) is 3.97. The van der Waals surface area contributed by atoms with E-state index in [1.807, 2.05) is 4.90 Å². The van der Waals surface area contributed by atoms with Crippen LogP contribution in [0.1, 0.15) is 27.2 Å². The van der Waals surface area contributed by atoms with Crippen LogP contribution >= 0.6 is 11.6 Å². The number of carbonyl (C=O) groups is 1. The number of rotatable bonds is 4. The molecule has 5 heteroatoms. The Morgan fingerprint density at radius 3 is 2.47 bits per heavy atom. The lowest BCUT2D eigenvalue weighted by molar-refractivity contribution is -0.128. The Hall–Kier alpha value is -0.0631. The van der Waals surface area contributed by atoms with Gasteiger partial charge in [-0.2, -0.15) is 0 Å². The van der Waals surface area contributed by atoms with E-state index in [9.17, 15) is 4.79 Å². The van der Waals surface area contributed by atoms with Crippen molar-refractivity contribution in [1.29, 1.82) is 0 Å². The van der Waals surface area contributed by atoms with Crippen LogP contribution < -0.4 is 0 Å². The molecule has 0 spiro atoms. The SMILES string of the molecule is CC(C)(C)[Si](C)(C)OCCN1CC(Cl)CC1=O. The molecule has 0 bridgehead atoms. The molecule has 0 aromatic heterocycles. The molecule has 3 nitrogen and oxygen atoms in total. The van der Waals surface area contributed by atoms with Gasteiger partial charge in [-0.3, -0.25) is 4.79 Å². The van der Waals surface area contributed by atoms with E-state index in [0.717, 1.165) is 0 Å². The molecule has 0 aromatic rings. The van der Waals surface area contributed by atoms with Gasteiger partial charge in [0.05, 0.1) is 12.0 Å². The van der Waals surface area contributed by atoms with Crippen LogP contribution in [0.3, 0.4) is 0 Å². The van der Waals surface area contributed by atoms with Crippen molar-refractivity contribution in [1.82, 2.24) is 4.90 Å². The zero-order chi connectivity index (χ0) is 13.3. The fourth-order valence-electron chi connectivity index (χ4n) is 1.57. The van der Waals surface area contributed by atoms with E-state index in [-0.39, 0.29) is 16.3 Å². The fourth-order valence-corrected chi connectivity index (χ4v) is 2.90. The molecule has 0 saturated carbocycles. The van der Waals surface area contributed by atoms with Gasteiger partial charge in [-0.25, -0.2) is 0 Å². The number of alkyl halides is 1. The highest BCUT2D eigenvalue weighted by Crippen LogP contribution is 2.36. The number of hydrogen-bond acceptors (Lipinski definition) is 2. The van der Waals surface area contributed by atoms with Gasteiger partial charge < -0.3 is 9.33 Å². The van der Waals surface area contributed by atoms with Crippen molar-refractivity contribution in [3.05, 3.63) is 0 Å². The van der Waals surface area contributed by atoms with Gasteiger partial charge in [0, 0.05) is 19.5 Å². The summed E-state index contributed by atoms with van der Waals surface area (Å²) in [5.41, 5.74) is 0. The largest absolute Gasteiger partial charge is 0.415 e. The Labute approximate surface area is 111 Å². The summed E-state index contributed by atoms with van der Waals surface area (Å²) in [7, 11) is -1.69. The van der Waals surface area contributed by atoms with Gasteiger partial charge in [-0.15, -0.1) is 11.6 Å². The lowest BCUT2D eigenvalue weighted by Gasteiger charge is -2.36. The molecule has 1 rings (SSSR count). The van der Waals surface area contributed by atoms with Crippen molar-refractivity contribution in [3.8, 4) is 0 Å². The minimum absolute atomic E-state index is 0.0182. The maximum atomic E-state index is 11.5. The number of amides is 1. The van der Waals surface area contributed by atoms with Crippen LogP contribution in [0.2, 0.25) is 18.1 Å². The molecule has 0 aromatic carbocycles. The molecule has 0 N–H and O–H groups in total. The van der Waals surface area contributed by atoms with Crippen LogP contribution in [0.15, 0.2) is 0 Å². The van der Waals surface area contributed by atoms with Crippen molar-refractivity contribution in [3.63, 3.8) is 0 Å². The highest BCUT2D eigenvalue weighted by atomic mass is 35.5. The number of hydrogen-bond donors (Lipinski definition) is 0. The Kier molecular flexibility index (Phi) is 4.66. The monoisotopic (exact) mass is 277 g/mol. The second-order valence-corrected chi connectivity index (χ2v) is 11.7. The number of likely N-dealkylation sites (tertiary alicyclic amines) is 1. The average molecular weight is 278 g/mol. The van der Waals surface area contributed by atoms with Gasteiger partial charge in [-0.05, 0) is 18.1 Å². The lowest BCUT2D eigenvalue weighted by Crippen LogP contribution is -2.43. The maximum absolute atomic E-state index is 11.5. The fraction of sp³-hybridized carbons (Fsp3) is 0.917. The van der Waals surface area contributed by atoms with E-state index in [0.29, 0.717) is 26.1 Å². The van der Waals surface area contributed by atoms with Crippen LogP contribution in [0.4, 0.5) is 0 Å². The Balaban J connectivity index is 2.36. The lowest BCUT2D eigenvalue weighted by atomic mass is 10.2. The van der Waals surface area contributed by atoms with E-state index in [4.69, 9.17) is 16.0 Å². The molecule has 1 fully saturated rings. The minimum atomic E-state index is -1.69. The molecule has 17 heavy (non-hydrogen) atoms. The minimum Gasteiger partial charge on any atom is -0.415 e. The molecular formula is C12H24ClNO2Si. The molecule has 1 unspecified atom stereocenters. The van der Waals surface area contributed by atoms with Crippen LogP contribution in [-0.2, 0) is 9.22 Å². The number of carbonyl (C=O) groups excluding carboxylic acids is 1. The summed E-state index contributed by atoms with van der Waals surface area (Å²) >= 11 is 5.95. The summed E-state index contributed by atoms with van der Waals surface area (Å²) in [6.45, 7) is 13.1. The van der Waals surface area contributed by atoms with Gasteiger partial charge in [-0.1, -0.05) is 20.8 Å².